The van der Waals surface area contributed by atoms with E-state index in [1.54, 1.807) is 0 Å². The standard InChI is InChI=1S/C16H34N2O/c1-18(16-10-5-4-6-11-16)14-9-13-17-12-7-2-3-8-15-19/h16-17,19H,2-15H2,1H3. The average molecular weight is 270 g/mol. The van der Waals surface area contributed by atoms with E-state index in [9.17, 15) is 0 Å². The Morgan fingerprint density at radius 2 is 1.63 bits per heavy atom. The Labute approximate surface area is 119 Å². The number of hydrogen-bond acceptors (Lipinski definition) is 3. The molecule has 19 heavy (non-hydrogen) atoms. The molecule has 0 unspecified atom stereocenters. The van der Waals surface area contributed by atoms with Crippen LogP contribution in [0.15, 0.2) is 0 Å². The monoisotopic (exact) mass is 270 g/mol. The smallest absolute Gasteiger partial charge is 0.0431 e. The predicted octanol–water partition coefficient (Wildman–Crippen LogP) is 2.78. The molecule has 1 fully saturated rings. The highest BCUT2D eigenvalue weighted by atomic mass is 16.2. The van der Waals surface area contributed by atoms with Crippen LogP contribution >= 0.6 is 0 Å². The molecule has 0 spiro atoms. The molecule has 0 aromatic heterocycles. The fraction of sp³-hybridized carbons (Fsp3) is 1.00. The maximum Gasteiger partial charge on any atom is 0.0431 e. The molecule has 0 aromatic rings. The first-order valence-corrected chi connectivity index (χ1v) is 8.36. The van der Waals surface area contributed by atoms with Crippen LogP contribution in [-0.2, 0) is 0 Å². The van der Waals surface area contributed by atoms with Crippen LogP contribution < -0.4 is 5.32 Å². The zero-order chi connectivity index (χ0) is 13.8. The summed E-state index contributed by atoms with van der Waals surface area (Å²) in [5.41, 5.74) is 0. The van der Waals surface area contributed by atoms with E-state index in [1.165, 1.54) is 64.3 Å². The normalized spacial score (nSPS) is 17.2. The number of rotatable bonds is 11. The van der Waals surface area contributed by atoms with Gasteiger partial charge in [0.15, 0.2) is 0 Å². The van der Waals surface area contributed by atoms with Gasteiger partial charge in [0.2, 0.25) is 0 Å². The molecule has 0 amide bonds. The average Bonchev–Trinajstić information content (AvgIpc) is 2.46. The molecule has 0 atom stereocenters. The first-order chi connectivity index (χ1) is 9.34. The molecule has 2 N–H and O–H groups in total. The number of aliphatic hydroxyl groups excluding tert-OH is 1. The lowest BCUT2D eigenvalue weighted by Gasteiger charge is -2.31. The minimum Gasteiger partial charge on any atom is -0.396 e. The van der Waals surface area contributed by atoms with Crippen LogP contribution in [0.5, 0.6) is 0 Å². The Kier molecular flexibility index (Phi) is 10.4. The summed E-state index contributed by atoms with van der Waals surface area (Å²) in [6.45, 7) is 3.87. The lowest BCUT2D eigenvalue weighted by molar-refractivity contribution is 0.189. The molecule has 114 valence electrons. The Morgan fingerprint density at radius 1 is 0.947 bits per heavy atom. The zero-order valence-corrected chi connectivity index (χ0v) is 12.9. The molecule has 0 aromatic carbocycles. The molecular weight excluding hydrogens is 236 g/mol. The van der Waals surface area contributed by atoms with Crippen molar-refractivity contribution < 1.29 is 5.11 Å². The van der Waals surface area contributed by atoms with E-state index in [0.29, 0.717) is 6.61 Å². The quantitative estimate of drug-likeness (QED) is 0.567. The first-order valence-electron chi connectivity index (χ1n) is 8.36. The van der Waals surface area contributed by atoms with Gasteiger partial charge >= 0.3 is 0 Å². The van der Waals surface area contributed by atoms with Crippen molar-refractivity contribution in [3.8, 4) is 0 Å². The lowest BCUT2D eigenvalue weighted by atomic mass is 9.94. The van der Waals surface area contributed by atoms with Gasteiger partial charge in [0.25, 0.3) is 0 Å². The van der Waals surface area contributed by atoms with Crippen molar-refractivity contribution in [3.05, 3.63) is 0 Å². The molecule has 1 aliphatic carbocycles. The Morgan fingerprint density at radius 3 is 2.37 bits per heavy atom. The van der Waals surface area contributed by atoms with E-state index >= 15 is 0 Å². The molecule has 3 heteroatoms. The van der Waals surface area contributed by atoms with Gasteiger partial charge in [-0.2, -0.15) is 0 Å². The van der Waals surface area contributed by atoms with E-state index in [2.05, 4.69) is 17.3 Å². The topological polar surface area (TPSA) is 35.5 Å². The van der Waals surface area contributed by atoms with Gasteiger partial charge in [0.1, 0.15) is 0 Å². The van der Waals surface area contributed by atoms with Gasteiger partial charge in [-0.25, -0.2) is 0 Å². The second kappa shape index (κ2) is 11.7. The predicted molar refractivity (Wildman–Crippen MR) is 82.5 cm³/mol. The van der Waals surface area contributed by atoms with Crippen LogP contribution in [0.3, 0.4) is 0 Å². The van der Waals surface area contributed by atoms with Crippen molar-refractivity contribution in [1.29, 1.82) is 0 Å². The van der Waals surface area contributed by atoms with Crippen LogP contribution in [0.4, 0.5) is 0 Å². The number of aliphatic hydroxyl groups is 1. The minimum atomic E-state index is 0.348. The van der Waals surface area contributed by atoms with Crippen molar-refractivity contribution in [2.24, 2.45) is 0 Å². The van der Waals surface area contributed by atoms with Crippen LogP contribution in [0.2, 0.25) is 0 Å². The van der Waals surface area contributed by atoms with Gasteiger partial charge in [-0.15, -0.1) is 0 Å². The summed E-state index contributed by atoms with van der Waals surface area (Å²) in [5, 5.41) is 12.2. The van der Waals surface area contributed by atoms with Crippen LogP contribution in [0, 0.1) is 0 Å². The molecule has 1 saturated carbocycles. The highest BCUT2D eigenvalue weighted by molar-refractivity contribution is 4.73. The lowest BCUT2D eigenvalue weighted by Crippen LogP contribution is -2.35. The van der Waals surface area contributed by atoms with Crippen LogP contribution in [0.1, 0.15) is 64.2 Å². The second-order valence-corrected chi connectivity index (χ2v) is 6.01. The maximum absolute atomic E-state index is 8.68. The third-order valence-corrected chi connectivity index (χ3v) is 4.32. The summed E-state index contributed by atoms with van der Waals surface area (Å²) in [7, 11) is 2.30. The highest BCUT2D eigenvalue weighted by Crippen LogP contribution is 2.21. The van der Waals surface area contributed by atoms with E-state index in [1.807, 2.05) is 0 Å². The molecular formula is C16H34N2O. The van der Waals surface area contributed by atoms with E-state index in [0.717, 1.165) is 25.6 Å². The van der Waals surface area contributed by atoms with Gasteiger partial charge < -0.3 is 15.3 Å². The summed E-state index contributed by atoms with van der Waals surface area (Å²) in [5.74, 6) is 0. The molecule has 0 heterocycles. The maximum atomic E-state index is 8.68. The Balaban J connectivity index is 1.84. The number of unbranched alkanes of at least 4 members (excludes halogenated alkanes) is 3. The minimum absolute atomic E-state index is 0.348. The van der Waals surface area contributed by atoms with Crippen molar-refractivity contribution in [2.75, 3.05) is 33.3 Å². The third-order valence-electron chi connectivity index (χ3n) is 4.32. The second-order valence-electron chi connectivity index (χ2n) is 6.01. The first kappa shape index (κ1) is 16.9. The zero-order valence-electron chi connectivity index (χ0n) is 12.9. The van der Waals surface area contributed by atoms with Crippen LogP contribution in [-0.4, -0.2) is 49.3 Å². The Bertz CT molecular complexity index is 193. The van der Waals surface area contributed by atoms with E-state index < -0.39 is 0 Å². The summed E-state index contributed by atoms with van der Waals surface area (Å²) >= 11 is 0. The largest absolute Gasteiger partial charge is 0.396 e. The summed E-state index contributed by atoms with van der Waals surface area (Å²) in [6, 6.07) is 0.854. The molecule has 1 rings (SSSR count). The van der Waals surface area contributed by atoms with E-state index in [-0.39, 0.29) is 0 Å². The molecule has 0 saturated heterocycles. The van der Waals surface area contributed by atoms with Crippen LogP contribution in [0.25, 0.3) is 0 Å². The SMILES string of the molecule is CN(CCCNCCCCCCO)C1CCCCC1. The summed E-state index contributed by atoms with van der Waals surface area (Å²) in [6.07, 6.45) is 13.0. The molecule has 0 aliphatic heterocycles. The van der Waals surface area contributed by atoms with Gasteiger partial charge in [0, 0.05) is 12.6 Å². The fourth-order valence-corrected chi connectivity index (χ4v) is 3.00. The van der Waals surface area contributed by atoms with Crippen molar-refractivity contribution in [2.45, 2.75) is 70.3 Å². The van der Waals surface area contributed by atoms with Gasteiger partial charge in [-0.1, -0.05) is 32.1 Å². The highest BCUT2D eigenvalue weighted by Gasteiger charge is 2.16. The van der Waals surface area contributed by atoms with E-state index in [4.69, 9.17) is 5.11 Å². The number of nitrogens with zero attached hydrogens (tertiary/aromatic N) is 1. The Hall–Kier alpha value is -0.120. The molecule has 1 aliphatic rings. The number of nitrogens with one attached hydrogen (secondary N) is 1. The molecule has 3 nitrogen and oxygen atoms in total. The molecule has 0 bridgehead atoms. The molecule has 0 radical (unpaired) electrons. The van der Waals surface area contributed by atoms with Gasteiger partial charge in [-0.05, 0) is 58.8 Å². The number of hydrogen-bond donors (Lipinski definition) is 2. The fourth-order valence-electron chi connectivity index (χ4n) is 3.00. The van der Waals surface area contributed by atoms with Gasteiger partial charge in [0.05, 0.1) is 0 Å². The summed E-state index contributed by atoms with van der Waals surface area (Å²) in [4.78, 5) is 2.57. The summed E-state index contributed by atoms with van der Waals surface area (Å²) < 4.78 is 0. The van der Waals surface area contributed by atoms with Crippen molar-refractivity contribution in [3.63, 3.8) is 0 Å². The third kappa shape index (κ3) is 8.61. The van der Waals surface area contributed by atoms with Crippen molar-refractivity contribution >= 4 is 0 Å². The van der Waals surface area contributed by atoms with Gasteiger partial charge in [-0.3, -0.25) is 0 Å². The van der Waals surface area contributed by atoms with Crippen molar-refractivity contribution in [1.82, 2.24) is 10.2 Å².